The molecule has 29 heavy (non-hydrogen) atoms. The molecule has 1 aromatic heterocycles. The average molecular weight is 412 g/mol. The van der Waals surface area contributed by atoms with Crippen LogP contribution in [0.25, 0.3) is 17.3 Å². The van der Waals surface area contributed by atoms with Crippen LogP contribution in [0.3, 0.4) is 0 Å². The molecule has 0 saturated carbocycles. The van der Waals surface area contributed by atoms with Gasteiger partial charge in [-0.2, -0.15) is 5.10 Å². The summed E-state index contributed by atoms with van der Waals surface area (Å²) in [5.74, 6) is 0.554. The Morgan fingerprint density at radius 3 is 2.52 bits per heavy atom. The Balaban J connectivity index is 1.68. The monoisotopic (exact) mass is 411 g/mol. The Kier molecular flexibility index (Phi) is 6.72. The van der Waals surface area contributed by atoms with Gasteiger partial charge < -0.3 is 5.32 Å². The van der Waals surface area contributed by atoms with Crippen LogP contribution in [0, 0.1) is 5.82 Å². The van der Waals surface area contributed by atoms with Crippen LogP contribution in [0.4, 0.5) is 10.1 Å². The molecule has 0 aliphatic heterocycles. The zero-order chi connectivity index (χ0) is 20.8. The normalized spacial score (nSPS) is 12.2. The van der Waals surface area contributed by atoms with Gasteiger partial charge in [0, 0.05) is 52.2 Å². The van der Waals surface area contributed by atoms with E-state index in [1.165, 1.54) is 18.2 Å². The largest absolute Gasteiger partial charge is 0.323 e. The van der Waals surface area contributed by atoms with Crippen molar-refractivity contribution in [2.24, 2.45) is 7.05 Å². The molecule has 0 spiro atoms. The maximum Gasteiger partial charge on any atom is 0.248 e. The number of hydrogen-bond donors (Lipinski definition) is 1. The fourth-order valence-corrected chi connectivity index (χ4v) is 3.63. The number of carbonyl (C=O) groups excluding carboxylic acids is 1. The van der Waals surface area contributed by atoms with Crippen molar-refractivity contribution in [3.63, 3.8) is 0 Å². The van der Waals surface area contributed by atoms with Crippen LogP contribution in [0.2, 0.25) is 0 Å². The van der Waals surface area contributed by atoms with E-state index in [4.69, 9.17) is 0 Å². The Hall–Kier alpha value is -3.06. The summed E-state index contributed by atoms with van der Waals surface area (Å²) in [7, 11) is 0.931. The summed E-state index contributed by atoms with van der Waals surface area (Å²) in [6.45, 7) is 1.89. The van der Waals surface area contributed by atoms with Crippen LogP contribution in [-0.4, -0.2) is 25.6 Å². The topological polar surface area (TPSA) is 64.0 Å². The zero-order valence-electron chi connectivity index (χ0n) is 16.3. The van der Waals surface area contributed by atoms with Gasteiger partial charge in [0.1, 0.15) is 5.82 Å². The van der Waals surface area contributed by atoms with Gasteiger partial charge in [0.15, 0.2) is 0 Å². The molecule has 2 aromatic carbocycles. The van der Waals surface area contributed by atoms with Crippen molar-refractivity contribution >= 4 is 28.5 Å². The highest BCUT2D eigenvalue weighted by Gasteiger charge is 2.09. The number of anilines is 1. The minimum atomic E-state index is -0.864. The van der Waals surface area contributed by atoms with E-state index in [0.717, 1.165) is 22.4 Å². The van der Waals surface area contributed by atoms with E-state index in [2.05, 4.69) is 10.4 Å². The summed E-state index contributed by atoms with van der Waals surface area (Å²) in [6, 6.07) is 13.4. The van der Waals surface area contributed by atoms with Gasteiger partial charge in [0.05, 0.1) is 11.9 Å². The molecule has 1 N–H and O–H groups in total. The van der Waals surface area contributed by atoms with Gasteiger partial charge in [0.25, 0.3) is 0 Å². The Morgan fingerprint density at radius 2 is 1.86 bits per heavy atom. The fourth-order valence-electron chi connectivity index (χ4n) is 2.86. The molecule has 0 aliphatic carbocycles. The SMILES string of the molecule is CCS(=O)Cc1ccc(NC(=O)C=Cc2cnn(C)c2-c2ccc(F)cc2)cc1. The van der Waals surface area contributed by atoms with Crippen molar-refractivity contribution in [2.75, 3.05) is 11.1 Å². The molecule has 0 aliphatic rings. The van der Waals surface area contributed by atoms with E-state index >= 15 is 0 Å². The highest BCUT2D eigenvalue weighted by Crippen LogP contribution is 2.24. The Bertz CT molecular complexity index is 1040. The number of amides is 1. The molecular weight excluding hydrogens is 389 g/mol. The van der Waals surface area contributed by atoms with Gasteiger partial charge in [-0.3, -0.25) is 13.7 Å². The molecule has 3 aromatic rings. The van der Waals surface area contributed by atoms with Crippen LogP contribution in [-0.2, 0) is 28.4 Å². The van der Waals surface area contributed by atoms with Crippen molar-refractivity contribution in [2.45, 2.75) is 12.7 Å². The lowest BCUT2D eigenvalue weighted by atomic mass is 10.1. The second-order valence-corrected chi connectivity index (χ2v) is 8.22. The van der Waals surface area contributed by atoms with Crippen molar-refractivity contribution < 1.29 is 13.4 Å². The van der Waals surface area contributed by atoms with Gasteiger partial charge in [-0.25, -0.2) is 4.39 Å². The summed E-state index contributed by atoms with van der Waals surface area (Å²) < 4.78 is 26.5. The molecule has 3 rings (SSSR count). The maximum atomic E-state index is 13.2. The first kappa shape index (κ1) is 20.7. The molecule has 7 heteroatoms. The molecule has 1 unspecified atom stereocenters. The fraction of sp³-hybridized carbons (Fsp3) is 0.182. The van der Waals surface area contributed by atoms with Gasteiger partial charge in [-0.1, -0.05) is 19.1 Å². The van der Waals surface area contributed by atoms with Gasteiger partial charge in [-0.15, -0.1) is 0 Å². The first-order valence-electron chi connectivity index (χ1n) is 9.17. The third kappa shape index (κ3) is 5.48. The van der Waals surface area contributed by atoms with E-state index in [0.29, 0.717) is 17.2 Å². The van der Waals surface area contributed by atoms with Gasteiger partial charge in [-0.05, 0) is 48.0 Å². The molecule has 0 bridgehead atoms. The number of hydrogen-bond acceptors (Lipinski definition) is 3. The number of halogens is 1. The number of carbonyl (C=O) groups is 1. The molecule has 0 fully saturated rings. The third-order valence-electron chi connectivity index (χ3n) is 4.37. The molecule has 1 amide bonds. The minimum absolute atomic E-state index is 0.274. The number of rotatable bonds is 7. The first-order chi connectivity index (χ1) is 14.0. The summed E-state index contributed by atoms with van der Waals surface area (Å²) in [4.78, 5) is 12.3. The molecule has 1 atom stereocenters. The summed E-state index contributed by atoms with van der Waals surface area (Å²) in [5, 5.41) is 7.03. The molecule has 150 valence electrons. The van der Waals surface area contributed by atoms with E-state index < -0.39 is 10.8 Å². The Morgan fingerprint density at radius 1 is 1.17 bits per heavy atom. The van der Waals surface area contributed by atoms with E-state index in [-0.39, 0.29) is 11.7 Å². The number of nitrogens with zero attached hydrogens (tertiary/aromatic N) is 2. The predicted molar refractivity (Wildman–Crippen MR) is 115 cm³/mol. The highest BCUT2D eigenvalue weighted by molar-refractivity contribution is 7.84. The van der Waals surface area contributed by atoms with Gasteiger partial charge in [0.2, 0.25) is 5.91 Å². The average Bonchev–Trinajstić information content (AvgIpc) is 3.09. The van der Waals surface area contributed by atoms with Gasteiger partial charge >= 0.3 is 0 Å². The predicted octanol–water partition coefficient (Wildman–Crippen LogP) is 4.15. The number of aromatic nitrogens is 2. The summed E-state index contributed by atoms with van der Waals surface area (Å²) in [6.07, 6.45) is 4.77. The van der Waals surface area contributed by atoms with E-state index in [1.54, 1.807) is 48.3 Å². The second-order valence-electron chi connectivity index (χ2n) is 6.47. The Labute approximate surface area is 171 Å². The van der Waals surface area contributed by atoms with Crippen LogP contribution in [0.1, 0.15) is 18.1 Å². The highest BCUT2D eigenvalue weighted by atomic mass is 32.2. The van der Waals surface area contributed by atoms with Crippen LogP contribution in [0.15, 0.2) is 60.8 Å². The van der Waals surface area contributed by atoms with Crippen molar-refractivity contribution in [3.8, 4) is 11.3 Å². The van der Waals surface area contributed by atoms with Crippen LogP contribution >= 0.6 is 0 Å². The molecule has 0 saturated heterocycles. The number of aryl methyl sites for hydroxylation is 1. The minimum Gasteiger partial charge on any atom is -0.323 e. The molecular formula is C22H22FN3O2S. The first-order valence-corrected chi connectivity index (χ1v) is 10.7. The summed E-state index contributed by atoms with van der Waals surface area (Å²) >= 11 is 0. The lowest BCUT2D eigenvalue weighted by Crippen LogP contribution is -2.07. The number of nitrogens with one attached hydrogen (secondary N) is 1. The smallest absolute Gasteiger partial charge is 0.248 e. The lowest BCUT2D eigenvalue weighted by Gasteiger charge is -2.05. The molecule has 0 radical (unpaired) electrons. The van der Waals surface area contributed by atoms with Crippen molar-refractivity contribution in [1.29, 1.82) is 0 Å². The van der Waals surface area contributed by atoms with E-state index in [1.807, 2.05) is 19.1 Å². The standard InChI is InChI=1S/C22H22FN3O2S/c1-3-29(28)15-16-4-11-20(12-5-16)25-21(27)13-8-18-14-24-26(2)22(18)17-6-9-19(23)10-7-17/h4-14H,3,15H2,1-2H3,(H,25,27). The number of benzene rings is 2. The zero-order valence-corrected chi connectivity index (χ0v) is 17.1. The second kappa shape index (κ2) is 9.43. The maximum absolute atomic E-state index is 13.2. The van der Waals surface area contributed by atoms with Crippen LogP contribution in [0.5, 0.6) is 0 Å². The van der Waals surface area contributed by atoms with Crippen molar-refractivity contribution in [3.05, 3.63) is 77.7 Å². The lowest BCUT2D eigenvalue weighted by molar-refractivity contribution is -0.111. The molecule has 5 nitrogen and oxygen atoms in total. The van der Waals surface area contributed by atoms with Crippen molar-refractivity contribution in [1.82, 2.24) is 9.78 Å². The van der Waals surface area contributed by atoms with E-state index in [9.17, 15) is 13.4 Å². The third-order valence-corrected chi connectivity index (χ3v) is 5.67. The summed E-state index contributed by atoms with van der Waals surface area (Å²) in [5.41, 5.74) is 3.99. The van der Waals surface area contributed by atoms with Crippen LogP contribution < -0.4 is 5.32 Å². The molecule has 1 heterocycles. The quantitative estimate of drug-likeness (QED) is 0.594.